The Kier molecular flexibility index (Phi) is 5.28. The van der Waals surface area contributed by atoms with Gasteiger partial charge in [-0.2, -0.15) is 4.31 Å². The van der Waals surface area contributed by atoms with Crippen LogP contribution in [0.4, 0.5) is 4.79 Å². The molecular weight excluding hydrogens is 354 g/mol. The van der Waals surface area contributed by atoms with E-state index in [9.17, 15) is 13.2 Å². The Balaban J connectivity index is 1.67. The predicted octanol–water partition coefficient (Wildman–Crippen LogP) is 1.57. The Morgan fingerprint density at radius 1 is 1.12 bits per heavy atom. The number of nitrogens with zero attached hydrogens (tertiary/aromatic N) is 2. The zero-order valence-corrected chi connectivity index (χ0v) is 16.4. The van der Waals surface area contributed by atoms with Gasteiger partial charge in [-0.1, -0.05) is 6.07 Å². The van der Waals surface area contributed by atoms with Crippen LogP contribution in [0.2, 0.25) is 0 Å². The molecule has 1 fully saturated rings. The minimum Gasteiger partial charge on any atom is -0.444 e. The van der Waals surface area contributed by atoms with Gasteiger partial charge in [-0.25, -0.2) is 13.2 Å². The van der Waals surface area contributed by atoms with Crippen LogP contribution in [-0.2, 0) is 27.7 Å². The second kappa shape index (κ2) is 7.17. The molecule has 0 aromatic heterocycles. The van der Waals surface area contributed by atoms with Crippen molar-refractivity contribution in [3.8, 4) is 0 Å². The van der Waals surface area contributed by atoms with Gasteiger partial charge in [-0.3, -0.25) is 0 Å². The van der Waals surface area contributed by atoms with Crippen LogP contribution in [0.25, 0.3) is 0 Å². The van der Waals surface area contributed by atoms with Crippen LogP contribution in [0.1, 0.15) is 31.9 Å². The van der Waals surface area contributed by atoms with Gasteiger partial charge < -0.3 is 15.0 Å². The summed E-state index contributed by atoms with van der Waals surface area (Å²) in [4.78, 5) is 14.0. The number of amides is 1. The highest BCUT2D eigenvalue weighted by Crippen LogP contribution is 2.23. The van der Waals surface area contributed by atoms with Gasteiger partial charge in [0.25, 0.3) is 0 Å². The topological polar surface area (TPSA) is 79.0 Å². The molecule has 1 N–H and O–H groups in total. The van der Waals surface area contributed by atoms with Crippen LogP contribution in [0.3, 0.4) is 0 Å². The Hall–Kier alpha value is -1.64. The van der Waals surface area contributed by atoms with Gasteiger partial charge in [-0.15, -0.1) is 0 Å². The molecule has 0 radical (unpaired) electrons. The van der Waals surface area contributed by atoms with Crippen molar-refractivity contribution in [2.24, 2.45) is 0 Å². The number of hydrogen-bond donors (Lipinski definition) is 1. The van der Waals surface area contributed by atoms with Gasteiger partial charge in [0, 0.05) is 32.7 Å². The van der Waals surface area contributed by atoms with Gasteiger partial charge >= 0.3 is 6.09 Å². The molecule has 2 aliphatic rings. The third-order valence-electron chi connectivity index (χ3n) is 4.59. The van der Waals surface area contributed by atoms with Crippen LogP contribution in [0.15, 0.2) is 23.1 Å². The number of sulfonamides is 1. The molecule has 8 heteroatoms. The smallest absolute Gasteiger partial charge is 0.410 e. The van der Waals surface area contributed by atoms with Gasteiger partial charge in [0.05, 0.1) is 4.90 Å². The summed E-state index contributed by atoms with van der Waals surface area (Å²) < 4.78 is 32.7. The Morgan fingerprint density at radius 3 is 2.46 bits per heavy atom. The lowest BCUT2D eigenvalue weighted by Gasteiger charge is -2.35. The maximum absolute atomic E-state index is 12.9. The molecule has 7 nitrogen and oxygen atoms in total. The average Bonchev–Trinajstić information content (AvgIpc) is 2.60. The molecule has 1 aromatic rings. The summed E-state index contributed by atoms with van der Waals surface area (Å²) in [5.74, 6) is 0. The van der Waals surface area contributed by atoms with E-state index in [1.165, 1.54) is 9.87 Å². The van der Waals surface area contributed by atoms with E-state index in [1.54, 1.807) is 17.0 Å². The highest BCUT2D eigenvalue weighted by molar-refractivity contribution is 7.89. The minimum atomic E-state index is -3.55. The number of piperazine rings is 1. The summed E-state index contributed by atoms with van der Waals surface area (Å²) in [5, 5.41) is 3.27. The van der Waals surface area contributed by atoms with Crippen molar-refractivity contribution in [2.75, 3.05) is 32.7 Å². The molecule has 1 aromatic carbocycles. The number of benzene rings is 1. The summed E-state index contributed by atoms with van der Waals surface area (Å²) in [7, 11) is -3.55. The summed E-state index contributed by atoms with van der Waals surface area (Å²) in [6.07, 6.45) is 0.527. The molecule has 3 rings (SSSR count). The van der Waals surface area contributed by atoms with Crippen LogP contribution in [-0.4, -0.2) is 62.0 Å². The van der Waals surface area contributed by atoms with Crippen LogP contribution in [0, 0.1) is 0 Å². The fraction of sp³-hybridized carbons (Fsp3) is 0.611. The van der Waals surface area contributed by atoms with E-state index in [2.05, 4.69) is 5.32 Å². The highest BCUT2D eigenvalue weighted by Gasteiger charge is 2.32. The molecule has 0 aliphatic carbocycles. The molecule has 26 heavy (non-hydrogen) atoms. The van der Waals surface area contributed by atoms with Crippen LogP contribution >= 0.6 is 0 Å². The van der Waals surface area contributed by atoms with Crippen molar-refractivity contribution >= 4 is 16.1 Å². The molecule has 2 aliphatic heterocycles. The van der Waals surface area contributed by atoms with Crippen molar-refractivity contribution in [1.82, 2.24) is 14.5 Å². The number of rotatable bonds is 2. The van der Waals surface area contributed by atoms with Gasteiger partial charge in [-0.05, 0) is 57.0 Å². The molecule has 0 spiro atoms. The van der Waals surface area contributed by atoms with E-state index >= 15 is 0 Å². The van der Waals surface area contributed by atoms with Crippen LogP contribution in [0.5, 0.6) is 0 Å². The second-order valence-corrected chi connectivity index (χ2v) is 9.67. The van der Waals surface area contributed by atoms with Crippen molar-refractivity contribution in [2.45, 2.75) is 44.2 Å². The zero-order chi connectivity index (χ0) is 18.9. The third kappa shape index (κ3) is 4.19. The zero-order valence-electron chi connectivity index (χ0n) is 15.6. The van der Waals surface area contributed by atoms with Crippen molar-refractivity contribution < 1.29 is 17.9 Å². The monoisotopic (exact) mass is 381 g/mol. The molecule has 0 bridgehead atoms. The molecule has 1 amide bonds. The third-order valence-corrected chi connectivity index (χ3v) is 6.49. The number of ether oxygens (including phenoxy) is 1. The van der Waals surface area contributed by atoms with Crippen molar-refractivity contribution in [3.63, 3.8) is 0 Å². The molecule has 1 saturated heterocycles. The van der Waals surface area contributed by atoms with E-state index in [1.807, 2.05) is 26.8 Å². The predicted molar refractivity (Wildman–Crippen MR) is 98.4 cm³/mol. The normalized spacial score (nSPS) is 19.1. The summed E-state index contributed by atoms with van der Waals surface area (Å²) in [6, 6.07) is 5.39. The molecular formula is C18H27N3O4S. The number of fused-ring (bicyclic) bond motifs is 1. The van der Waals surface area contributed by atoms with E-state index in [0.717, 1.165) is 18.5 Å². The number of hydrogen-bond acceptors (Lipinski definition) is 5. The SMILES string of the molecule is CC(C)(C)OC(=O)N1CCN(S(=O)(=O)c2ccc3c(c2)CNCC3)CC1. The standard InChI is InChI=1S/C18H27N3O4S/c1-18(2,3)25-17(22)20-8-10-21(11-9-20)26(23,24)16-5-4-14-6-7-19-13-15(14)12-16/h4-5,12,19H,6-11,13H2,1-3H3. The fourth-order valence-corrected chi connectivity index (χ4v) is 4.68. The van der Waals surface area contributed by atoms with Gasteiger partial charge in [0.2, 0.25) is 10.0 Å². The summed E-state index contributed by atoms with van der Waals surface area (Å²) >= 11 is 0. The van der Waals surface area contributed by atoms with E-state index in [-0.39, 0.29) is 13.1 Å². The first-order valence-corrected chi connectivity index (χ1v) is 10.4. The molecule has 0 atom stereocenters. The van der Waals surface area contributed by atoms with E-state index < -0.39 is 21.7 Å². The lowest BCUT2D eigenvalue weighted by Crippen LogP contribution is -2.51. The summed E-state index contributed by atoms with van der Waals surface area (Å²) in [5.41, 5.74) is 1.69. The average molecular weight is 381 g/mol. The minimum absolute atomic E-state index is 0.275. The number of nitrogens with one attached hydrogen (secondary N) is 1. The number of carbonyl (C=O) groups is 1. The maximum atomic E-state index is 12.9. The second-order valence-electron chi connectivity index (χ2n) is 7.73. The van der Waals surface area contributed by atoms with Gasteiger partial charge in [0.1, 0.15) is 5.60 Å². The Labute approximate surface area is 155 Å². The largest absolute Gasteiger partial charge is 0.444 e. The van der Waals surface area contributed by atoms with Gasteiger partial charge in [0.15, 0.2) is 0 Å². The first-order valence-electron chi connectivity index (χ1n) is 8.97. The van der Waals surface area contributed by atoms with Crippen molar-refractivity contribution in [3.05, 3.63) is 29.3 Å². The first kappa shape index (κ1) is 19.1. The molecule has 144 valence electrons. The van der Waals surface area contributed by atoms with E-state index in [4.69, 9.17) is 4.74 Å². The Bertz CT molecular complexity index is 778. The number of carbonyl (C=O) groups excluding carboxylic acids is 1. The molecule has 0 saturated carbocycles. The fourth-order valence-electron chi connectivity index (χ4n) is 3.20. The Morgan fingerprint density at radius 2 is 1.81 bits per heavy atom. The summed E-state index contributed by atoms with van der Waals surface area (Å²) in [6.45, 7) is 8.29. The van der Waals surface area contributed by atoms with Crippen molar-refractivity contribution in [1.29, 1.82) is 0 Å². The molecule has 0 unspecified atom stereocenters. The lowest BCUT2D eigenvalue weighted by molar-refractivity contribution is 0.0192. The lowest BCUT2D eigenvalue weighted by atomic mass is 10.0. The quantitative estimate of drug-likeness (QED) is 0.841. The molecule has 2 heterocycles. The van der Waals surface area contributed by atoms with Crippen LogP contribution < -0.4 is 5.32 Å². The maximum Gasteiger partial charge on any atom is 0.410 e. The highest BCUT2D eigenvalue weighted by atomic mass is 32.2. The first-order chi connectivity index (χ1) is 12.2. The van der Waals surface area contributed by atoms with E-state index in [0.29, 0.717) is 24.5 Å².